The maximum absolute atomic E-state index is 9.09. The quantitative estimate of drug-likeness (QED) is 0.862. The van der Waals surface area contributed by atoms with E-state index in [1.807, 2.05) is 6.07 Å². The maximum atomic E-state index is 9.09. The van der Waals surface area contributed by atoms with Crippen LogP contribution in [0.25, 0.3) is 0 Å². The number of rotatable bonds is 6. The highest BCUT2D eigenvalue weighted by molar-refractivity contribution is 9.10. The average molecular weight is 337 g/mol. The minimum Gasteiger partial charge on any atom is -0.496 e. The first-order valence-corrected chi connectivity index (χ1v) is 7.68. The van der Waals surface area contributed by atoms with E-state index in [4.69, 9.17) is 10.00 Å². The van der Waals surface area contributed by atoms with E-state index >= 15 is 0 Å². The van der Waals surface area contributed by atoms with Crippen molar-refractivity contribution >= 4 is 15.9 Å². The fourth-order valence-electron chi connectivity index (χ4n) is 2.28. The van der Waals surface area contributed by atoms with Gasteiger partial charge in [0.05, 0.1) is 23.1 Å². The van der Waals surface area contributed by atoms with Gasteiger partial charge in [-0.1, -0.05) is 19.9 Å². The van der Waals surface area contributed by atoms with Crippen molar-refractivity contribution in [3.05, 3.63) is 28.2 Å². The Balaban J connectivity index is 1.99. The van der Waals surface area contributed by atoms with Gasteiger partial charge >= 0.3 is 0 Å². The van der Waals surface area contributed by atoms with Crippen molar-refractivity contribution in [2.24, 2.45) is 5.41 Å². The maximum Gasteiger partial charge on any atom is 0.133 e. The standard InChI is InChI=1S/C16H21BrN2O/c1-15(2,10-19-11-16(9-18)6-7-16)12-4-5-14(20-3)13(17)8-12/h4-5,8,19H,6-7,10-11H2,1-3H3. The summed E-state index contributed by atoms with van der Waals surface area (Å²) >= 11 is 3.53. The van der Waals surface area contributed by atoms with Crippen molar-refractivity contribution in [1.29, 1.82) is 5.26 Å². The first-order chi connectivity index (χ1) is 9.42. The number of nitrogens with one attached hydrogen (secondary N) is 1. The summed E-state index contributed by atoms with van der Waals surface area (Å²) in [6.45, 7) is 6.07. The molecule has 0 saturated heterocycles. The van der Waals surface area contributed by atoms with E-state index in [-0.39, 0.29) is 10.8 Å². The van der Waals surface area contributed by atoms with E-state index in [9.17, 15) is 0 Å². The second kappa shape index (κ2) is 5.75. The van der Waals surface area contributed by atoms with Gasteiger partial charge in [0.1, 0.15) is 5.75 Å². The Labute approximate surface area is 129 Å². The van der Waals surface area contributed by atoms with Crippen LogP contribution in [-0.4, -0.2) is 20.2 Å². The van der Waals surface area contributed by atoms with Crippen LogP contribution in [0.15, 0.2) is 22.7 Å². The molecule has 1 aromatic carbocycles. The van der Waals surface area contributed by atoms with Crippen LogP contribution in [0.3, 0.4) is 0 Å². The molecule has 3 nitrogen and oxygen atoms in total. The largest absolute Gasteiger partial charge is 0.496 e. The van der Waals surface area contributed by atoms with Gasteiger partial charge in [0.25, 0.3) is 0 Å². The normalized spacial score (nSPS) is 16.6. The molecule has 2 rings (SSSR count). The van der Waals surface area contributed by atoms with Gasteiger partial charge in [0.2, 0.25) is 0 Å². The summed E-state index contributed by atoms with van der Waals surface area (Å²) < 4.78 is 6.24. The fraction of sp³-hybridized carbons (Fsp3) is 0.562. The second-order valence-electron chi connectivity index (χ2n) is 6.23. The number of hydrogen-bond donors (Lipinski definition) is 1. The van der Waals surface area contributed by atoms with Gasteiger partial charge in [-0.2, -0.15) is 5.26 Å². The van der Waals surface area contributed by atoms with Gasteiger partial charge in [-0.05, 0) is 46.5 Å². The van der Waals surface area contributed by atoms with Crippen molar-refractivity contribution in [3.8, 4) is 11.8 Å². The van der Waals surface area contributed by atoms with E-state index in [0.29, 0.717) is 0 Å². The molecule has 1 aliphatic rings. The van der Waals surface area contributed by atoms with Crippen LogP contribution in [0, 0.1) is 16.7 Å². The highest BCUT2D eigenvalue weighted by Crippen LogP contribution is 2.44. The monoisotopic (exact) mass is 336 g/mol. The molecule has 0 unspecified atom stereocenters. The lowest BCUT2D eigenvalue weighted by atomic mass is 9.84. The molecule has 0 aromatic heterocycles. The number of hydrogen-bond acceptors (Lipinski definition) is 3. The minimum atomic E-state index is -0.0867. The molecule has 0 radical (unpaired) electrons. The van der Waals surface area contributed by atoms with Crippen LogP contribution in [0.5, 0.6) is 5.75 Å². The molecule has 0 amide bonds. The van der Waals surface area contributed by atoms with Crippen LogP contribution in [0.4, 0.5) is 0 Å². The highest BCUT2D eigenvalue weighted by atomic mass is 79.9. The van der Waals surface area contributed by atoms with E-state index in [1.165, 1.54) is 5.56 Å². The zero-order valence-corrected chi connectivity index (χ0v) is 13.9. The minimum absolute atomic E-state index is 0.0142. The average Bonchev–Trinajstić information content (AvgIpc) is 3.19. The molecule has 0 spiro atoms. The van der Waals surface area contributed by atoms with Gasteiger partial charge < -0.3 is 10.1 Å². The van der Waals surface area contributed by atoms with Crippen molar-refractivity contribution in [2.45, 2.75) is 32.1 Å². The Morgan fingerprint density at radius 3 is 2.65 bits per heavy atom. The zero-order valence-electron chi connectivity index (χ0n) is 12.3. The van der Waals surface area contributed by atoms with Crippen molar-refractivity contribution in [1.82, 2.24) is 5.32 Å². The topological polar surface area (TPSA) is 45.0 Å². The van der Waals surface area contributed by atoms with Crippen LogP contribution >= 0.6 is 15.9 Å². The van der Waals surface area contributed by atoms with Gasteiger partial charge in [-0.15, -0.1) is 0 Å². The zero-order chi connectivity index (χ0) is 14.8. The molecule has 1 saturated carbocycles. The first kappa shape index (κ1) is 15.3. The van der Waals surface area contributed by atoms with Crippen LogP contribution in [0.1, 0.15) is 32.3 Å². The summed E-state index contributed by atoms with van der Waals surface area (Å²) in [6, 6.07) is 8.61. The van der Waals surface area contributed by atoms with Gasteiger partial charge in [-0.25, -0.2) is 0 Å². The lowest BCUT2D eigenvalue weighted by molar-refractivity contribution is 0.410. The molecule has 1 aromatic rings. The smallest absolute Gasteiger partial charge is 0.133 e. The number of benzene rings is 1. The SMILES string of the molecule is COc1ccc(C(C)(C)CNCC2(C#N)CC2)cc1Br. The lowest BCUT2D eigenvalue weighted by Gasteiger charge is -2.27. The fourth-order valence-corrected chi connectivity index (χ4v) is 2.82. The number of methoxy groups -OCH3 is 1. The Morgan fingerprint density at radius 2 is 2.15 bits per heavy atom. The molecular weight excluding hydrogens is 316 g/mol. The molecular formula is C16H21BrN2O. The van der Waals surface area contributed by atoms with Crippen molar-refractivity contribution < 1.29 is 4.74 Å². The summed E-state index contributed by atoms with van der Waals surface area (Å²) in [7, 11) is 1.67. The predicted molar refractivity (Wildman–Crippen MR) is 83.9 cm³/mol. The Hall–Kier alpha value is -1.05. The molecule has 1 N–H and O–H groups in total. The Morgan fingerprint density at radius 1 is 1.45 bits per heavy atom. The van der Waals surface area contributed by atoms with Gasteiger partial charge in [0, 0.05) is 18.5 Å². The predicted octanol–water partition coefficient (Wildman–Crippen LogP) is 3.63. The molecule has 0 aliphatic heterocycles. The Kier molecular flexibility index (Phi) is 4.41. The molecule has 20 heavy (non-hydrogen) atoms. The molecule has 108 valence electrons. The van der Waals surface area contributed by atoms with Crippen LogP contribution in [-0.2, 0) is 5.41 Å². The highest BCUT2D eigenvalue weighted by Gasteiger charge is 2.42. The molecule has 0 bridgehead atoms. The third kappa shape index (κ3) is 3.34. The Bertz CT molecular complexity index is 530. The third-order valence-corrected chi connectivity index (χ3v) is 4.67. The summed E-state index contributed by atoms with van der Waals surface area (Å²) in [5, 5.41) is 12.5. The molecule has 1 fully saturated rings. The number of ether oxygens (including phenoxy) is 1. The van der Waals surface area contributed by atoms with Crippen molar-refractivity contribution in [2.75, 3.05) is 20.2 Å². The first-order valence-electron chi connectivity index (χ1n) is 6.88. The third-order valence-electron chi connectivity index (χ3n) is 4.05. The van der Waals surface area contributed by atoms with E-state index < -0.39 is 0 Å². The summed E-state index contributed by atoms with van der Waals surface area (Å²) in [5.41, 5.74) is 1.18. The number of nitriles is 1. The van der Waals surface area contributed by atoms with E-state index in [2.05, 4.69) is 53.3 Å². The molecule has 1 aliphatic carbocycles. The number of halogens is 1. The van der Waals surface area contributed by atoms with Gasteiger partial charge in [0.15, 0.2) is 0 Å². The summed E-state index contributed by atoms with van der Waals surface area (Å²) in [4.78, 5) is 0. The van der Waals surface area contributed by atoms with Crippen LogP contribution < -0.4 is 10.1 Å². The van der Waals surface area contributed by atoms with E-state index in [0.717, 1.165) is 36.2 Å². The van der Waals surface area contributed by atoms with Gasteiger partial charge in [-0.3, -0.25) is 0 Å². The molecule has 0 atom stereocenters. The summed E-state index contributed by atoms with van der Waals surface area (Å²) in [5.74, 6) is 0.846. The molecule has 4 heteroatoms. The van der Waals surface area contributed by atoms with Crippen molar-refractivity contribution in [3.63, 3.8) is 0 Å². The van der Waals surface area contributed by atoms with Crippen LogP contribution in [0.2, 0.25) is 0 Å². The lowest BCUT2D eigenvalue weighted by Crippen LogP contribution is -2.35. The summed E-state index contributed by atoms with van der Waals surface area (Å²) in [6.07, 6.45) is 2.07. The number of nitrogens with zero attached hydrogens (tertiary/aromatic N) is 1. The molecule has 0 heterocycles. The second-order valence-corrected chi connectivity index (χ2v) is 7.08. The van der Waals surface area contributed by atoms with E-state index in [1.54, 1.807) is 7.11 Å².